The summed E-state index contributed by atoms with van der Waals surface area (Å²) >= 11 is 0. The summed E-state index contributed by atoms with van der Waals surface area (Å²) in [7, 11) is 0. The highest BCUT2D eigenvalue weighted by Crippen LogP contribution is 2.40. The van der Waals surface area contributed by atoms with Crippen molar-refractivity contribution < 1.29 is 0 Å². The van der Waals surface area contributed by atoms with Crippen molar-refractivity contribution in [3.05, 3.63) is 194 Å². The fourth-order valence-electron chi connectivity index (χ4n) is 9.13. The number of aromatic nitrogens is 2. The molecule has 0 unspecified atom stereocenters. The summed E-state index contributed by atoms with van der Waals surface area (Å²) in [6, 6.07) is 71.6. The molecular formula is C52H32N2. The van der Waals surface area contributed by atoms with Gasteiger partial charge in [0.15, 0.2) is 0 Å². The first kappa shape index (κ1) is 29.4. The summed E-state index contributed by atoms with van der Waals surface area (Å²) in [5.74, 6) is 0. The van der Waals surface area contributed by atoms with Gasteiger partial charge in [-0.15, -0.1) is 0 Å². The predicted octanol–water partition coefficient (Wildman–Crippen LogP) is 14.2. The molecule has 0 amide bonds. The van der Waals surface area contributed by atoms with Gasteiger partial charge in [0.25, 0.3) is 0 Å². The molecule has 0 bridgehead atoms. The van der Waals surface area contributed by atoms with Crippen LogP contribution in [0.2, 0.25) is 0 Å². The van der Waals surface area contributed by atoms with Crippen LogP contribution in [0.4, 0.5) is 0 Å². The summed E-state index contributed by atoms with van der Waals surface area (Å²) in [6.07, 6.45) is 0. The molecule has 0 aliphatic heterocycles. The fraction of sp³-hybridized carbons (Fsp3) is 0. The molecule has 12 rings (SSSR count). The van der Waals surface area contributed by atoms with E-state index in [0.29, 0.717) is 0 Å². The minimum absolute atomic E-state index is 1.18. The molecule has 0 saturated heterocycles. The smallest absolute Gasteiger partial charge is 0.0547 e. The second kappa shape index (κ2) is 11.2. The normalized spacial score (nSPS) is 12.1. The van der Waals surface area contributed by atoms with Gasteiger partial charge >= 0.3 is 0 Å². The second-order valence-corrected chi connectivity index (χ2v) is 14.6. The number of hydrogen-bond acceptors (Lipinski definition) is 0. The number of rotatable bonds is 3. The lowest BCUT2D eigenvalue weighted by molar-refractivity contribution is 1.18. The standard InChI is InChI=1S/C52H32N2/c1-3-11-39(12-4-1)53-49-17-9-7-15-43(49)47-31-45-37(29-51(47)53)21-19-35-27-33(23-25-41(35)45)34-24-26-42-36(28-34)20-22-38-30-52-48(32-46(38)42)44-16-8-10-18-50(44)54(52)40-13-5-2-6-14-40/h1-32H. The zero-order valence-electron chi connectivity index (χ0n) is 29.4. The average molecular weight is 685 g/mol. The van der Waals surface area contributed by atoms with Gasteiger partial charge in [0.2, 0.25) is 0 Å². The van der Waals surface area contributed by atoms with Crippen molar-refractivity contribution in [3.8, 4) is 22.5 Å². The minimum Gasteiger partial charge on any atom is -0.309 e. The van der Waals surface area contributed by atoms with Crippen LogP contribution in [0.3, 0.4) is 0 Å². The maximum atomic E-state index is 2.41. The van der Waals surface area contributed by atoms with Crippen molar-refractivity contribution in [2.24, 2.45) is 0 Å². The van der Waals surface area contributed by atoms with Crippen LogP contribution in [0.25, 0.3) is 109 Å². The molecule has 54 heavy (non-hydrogen) atoms. The van der Waals surface area contributed by atoms with E-state index in [1.54, 1.807) is 0 Å². The summed E-state index contributed by atoms with van der Waals surface area (Å²) < 4.78 is 4.79. The van der Waals surface area contributed by atoms with Crippen molar-refractivity contribution in [1.29, 1.82) is 0 Å². The number of nitrogens with zero attached hydrogens (tertiary/aromatic N) is 2. The maximum Gasteiger partial charge on any atom is 0.0547 e. The topological polar surface area (TPSA) is 9.86 Å². The SMILES string of the molecule is c1ccc(-n2c3ccccc3c3cc4c(ccc5cc(-c6ccc7c(ccc8cc9c(cc87)c7ccccc7n9-c7ccccc7)c6)ccc54)cc32)cc1. The monoisotopic (exact) mass is 684 g/mol. The van der Waals surface area contributed by atoms with Gasteiger partial charge in [0.1, 0.15) is 0 Å². The van der Waals surface area contributed by atoms with Crippen molar-refractivity contribution in [2.75, 3.05) is 0 Å². The van der Waals surface area contributed by atoms with Gasteiger partial charge in [-0.05, 0) is 127 Å². The maximum absolute atomic E-state index is 2.41. The summed E-state index contributed by atoms with van der Waals surface area (Å²) in [4.78, 5) is 0. The van der Waals surface area contributed by atoms with Gasteiger partial charge in [0.05, 0.1) is 22.1 Å². The van der Waals surface area contributed by atoms with E-state index >= 15 is 0 Å². The van der Waals surface area contributed by atoms with Crippen LogP contribution in [0.5, 0.6) is 0 Å². The van der Waals surface area contributed by atoms with Crippen LogP contribution in [-0.2, 0) is 0 Å². The molecule has 10 aromatic carbocycles. The van der Waals surface area contributed by atoms with Crippen LogP contribution in [0.15, 0.2) is 194 Å². The third-order valence-corrected chi connectivity index (χ3v) is 11.6. The second-order valence-electron chi connectivity index (χ2n) is 14.6. The van der Waals surface area contributed by atoms with E-state index in [0.717, 1.165) is 0 Å². The highest BCUT2D eigenvalue weighted by atomic mass is 15.0. The van der Waals surface area contributed by atoms with E-state index < -0.39 is 0 Å². The third kappa shape index (κ3) is 4.22. The van der Waals surface area contributed by atoms with E-state index in [2.05, 4.69) is 203 Å². The molecule has 2 heterocycles. The Bertz CT molecular complexity index is 3240. The minimum atomic E-state index is 1.18. The molecule has 0 aliphatic rings. The molecule has 2 nitrogen and oxygen atoms in total. The molecule has 0 N–H and O–H groups in total. The Morgan fingerprint density at radius 1 is 0.222 bits per heavy atom. The van der Waals surface area contributed by atoms with Gasteiger partial charge in [-0.3, -0.25) is 0 Å². The Kier molecular flexibility index (Phi) is 6.09. The quantitative estimate of drug-likeness (QED) is 0.164. The molecule has 0 atom stereocenters. The first-order valence-corrected chi connectivity index (χ1v) is 18.7. The Morgan fingerprint density at radius 2 is 0.611 bits per heavy atom. The molecule has 0 spiro atoms. The molecule has 0 fully saturated rings. The van der Waals surface area contributed by atoms with E-state index in [9.17, 15) is 0 Å². The van der Waals surface area contributed by atoms with E-state index in [1.165, 1.54) is 109 Å². The highest BCUT2D eigenvalue weighted by Gasteiger charge is 2.16. The van der Waals surface area contributed by atoms with Gasteiger partial charge in [-0.2, -0.15) is 0 Å². The van der Waals surface area contributed by atoms with Gasteiger partial charge in [0, 0.05) is 32.9 Å². The lowest BCUT2D eigenvalue weighted by Gasteiger charge is -2.11. The van der Waals surface area contributed by atoms with Gasteiger partial charge in [-0.25, -0.2) is 0 Å². The molecule has 0 radical (unpaired) electrons. The van der Waals surface area contributed by atoms with Crippen molar-refractivity contribution in [2.45, 2.75) is 0 Å². The molecule has 0 saturated carbocycles. The number of hydrogen-bond donors (Lipinski definition) is 0. The fourth-order valence-corrected chi connectivity index (χ4v) is 9.13. The zero-order valence-corrected chi connectivity index (χ0v) is 29.4. The van der Waals surface area contributed by atoms with Crippen LogP contribution < -0.4 is 0 Å². The lowest BCUT2D eigenvalue weighted by Crippen LogP contribution is -1.93. The number of benzene rings is 10. The Morgan fingerprint density at radius 3 is 1.06 bits per heavy atom. The number of fused-ring (bicyclic) bond motifs is 12. The van der Waals surface area contributed by atoms with Gasteiger partial charge in [-0.1, -0.05) is 121 Å². The predicted molar refractivity (Wildman–Crippen MR) is 231 cm³/mol. The van der Waals surface area contributed by atoms with E-state index in [4.69, 9.17) is 0 Å². The van der Waals surface area contributed by atoms with Crippen LogP contribution in [-0.4, -0.2) is 9.13 Å². The Hall–Kier alpha value is -7.16. The van der Waals surface area contributed by atoms with E-state index in [1.807, 2.05) is 0 Å². The first-order valence-electron chi connectivity index (χ1n) is 18.7. The van der Waals surface area contributed by atoms with E-state index in [-0.39, 0.29) is 0 Å². The molecular weight excluding hydrogens is 653 g/mol. The zero-order chi connectivity index (χ0) is 35.3. The van der Waals surface area contributed by atoms with Gasteiger partial charge < -0.3 is 9.13 Å². The highest BCUT2D eigenvalue weighted by molar-refractivity contribution is 6.20. The lowest BCUT2D eigenvalue weighted by atomic mass is 9.94. The summed E-state index contributed by atoms with van der Waals surface area (Å²) in [6.45, 7) is 0. The Balaban J connectivity index is 0.993. The molecule has 2 heteroatoms. The molecule has 12 aromatic rings. The summed E-state index contributed by atoms with van der Waals surface area (Å²) in [5.41, 5.74) is 9.75. The number of para-hydroxylation sites is 4. The van der Waals surface area contributed by atoms with Crippen LogP contribution >= 0.6 is 0 Å². The van der Waals surface area contributed by atoms with Crippen molar-refractivity contribution in [1.82, 2.24) is 9.13 Å². The molecule has 2 aromatic heterocycles. The largest absolute Gasteiger partial charge is 0.309 e. The first-order chi connectivity index (χ1) is 26.8. The van der Waals surface area contributed by atoms with Crippen LogP contribution in [0.1, 0.15) is 0 Å². The summed E-state index contributed by atoms with van der Waals surface area (Å²) in [5, 5.41) is 15.2. The third-order valence-electron chi connectivity index (χ3n) is 11.6. The van der Waals surface area contributed by atoms with Crippen LogP contribution in [0, 0.1) is 0 Å². The molecule has 0 aliphatic carbocycles. The average Bonchev–Trinajstić information content (AvgIpc) is 3.74. The van der Waals surface area contributed by atoms with Crippen molar-refractivity contribution >= 4 is 86.7 Å². The van der Waals surface area contributed by atoms with Crippen molar-refractivity contribution in [3.63, 3.8) is 0 Å². The molecule has 250 valence electrons. The Labute approximate surface area is 311 Å².